The lowest BCUT2D eigenvalue weighted by Gasteiger charge is -2.01. The molecule has 50 valence electrons. The van der Waals surface area contributed by atoms with Crippen molar-refractivity contribution in [1.29, 1.82) is 0 Å². The number of rotatable bonds is 0. The normalized spacial score (nSPS) is 27.7. The Bertz CT molecular complexity index is 137. The van der Waals surface area contributed by atoms with Gasteiger partial charge in [-0.1, -0.05) is 18.1 Å². The summed E-state index contributed by atoms with van der Waals surface area (Å²) in [5.41, 5.74) is 3.64. The first-order valence-electron chi connectivity index (χ1n) is 4.06. The van der Waals surface area contributed by atoms with Gasteiger partial charge < -0.3 is 0 Å². The standard InChI is InChI=1S/C9H14/c1-7-5-8-3-2-4-9(8)6-7/h7H,2-6H2,1H3. The first-order chi connectivity index (χ1) is 4.36. The summed E-state index contributed by atoms with van der Waals surface area (Å²) in [6.07, 6.45) is 7.17. The quantitative estimate of drug-likeness (QED) is 0.433. The van der Waals surface area contributed by atoms with Crippen LogP contribution in [0.3, 0.4) is 0 Å². The van der Waals surface area contributed by atoms with Crippen molar-refractivity contribution in [3.63, 3.8) is 0 Å². The maximum Gasteiger partial charge on any atom is -0.0289 e. The molecule has 0 radical (unpaired) electrons. The van der Waals surface area contributed by atoms with Crippen LogP contribution in [0.2, 0.25) is 0 Å². The molecule has 0 aliphatic heterocycles. The van der Waals surface area contributed by atoms with E-state index in [1.807, 2.05) is 11.1 Å². The number of hydrogen-bond donors (Lipinski definition) is 0. The van der Waals surface area contributed by atoms with Crippen molar-refractivity contribution in [2.24, 2.45) is 5.92 Å². The molecule has 2 rings (SSSR count). The predicted molar refractivity (Wildman–Crippen MR) is 39.3 cm³/mol. The summed E-state index contributed by atoms with van der Waals surface area (Å²) >= 11 is 0. The highest BCUT2D eigenvalue weighted by Gasteiger charge is 2.23. The second kappa shape index (κ2) is 1.86. The molecule has 0 nitrogen and oxygen atoms in total. The Hall–Kier alpha value is -0.260. The molecule has 0 spiro atoms. The summed E-state index contributed by atoms with van der Waals surface area (Å²) in [5, 5.41) is 0. The largest absolute Gasteiger partial charge is 0.0707 e. The summed E-state index contributed by atoms with van der Waals surface area (Å²) in [6.45, 7) is 2.37. The lowest BCUT2D eigenvalue weighted by atomic mass is 10.0. The molecule has 0 saturated carbocycles. The monoisotopic (exact) mass is 122 g/mol. The molecule has 0 aromatic rings. The third-order valence-corrected chi connectivity index (χ3v) is 2.65. The first-order valence-corrected chi connectivity index (χ1v) is 4.06. The van der Waals surface area contributed by atoms with E-state index >= 15 is 0 Å². The summed E-state index contributed by atoms with van der Waals surface area (Å²) < 4.78 is 0. The highest BCUT2D eigenvalue weighted by molar-refractivity contribution is 5.24. The fraction of sp³-hybridized carbons (Fsp3) is 0.778. The van der Waals surface area contributed by atoms with Crippen LogP contribution in [0.25, 0.3) is 0 Å². The van der Waals surface area contributed by atoms with Crippen molar-refractivity contribution in [3.05, 3.63) is 11.1 Å². The average molecular weight is 122 g/mol. The van der Waals surface area contributed by atoms with Crippen LogP contribution in [-0.2, 0) is 0 Å². The number of hydrogen-bond acceptors (Lipinski definition) is 0. The molecular formula is C9H14. The van der Waals surface area contributed by atoms with Crippen LogP contribution in [0.1, 0.15) is 39.0 Å². The van der Waals surface area contributed by atoms with E-state index in [0.717, 1.165) is 5.92 Å². The number of allylic oxidation sites excluding steroid dienone is 2. The van der Waals surface area contributed by atoms with Crippen LogP contribution in [0, 0.1) is 5.92 Å². The summed E-state index contributed by atoms with van der Waals surface area (Å²) in [4.78, 5) is 0. The SMILES string of the molecule is CC1CC2=C(CCC2)C1. The maximum atomic E-state index is 2.37. The van der Waals surface area contributed by atoms with E-state index in [-0.39, 0.29) is 0 Å². The molecule has 0 N–H and O–H groups in total. The van der Waals surface area contributed by atoms with Crippen molar-refractivity contribution in [2.45, 2.75) is 39.0 Å². The maximum absolute atomic E-state index is 2.37. The molecule has 0 heterocycles. The van der Waals surface area contributed by atoms with Crippen molar-refractivity contribution < 1.29 is 0 Å². The molecule has 0 heteroatoms. The molecule has 0 amide bonds. The van der Waals surface area contributed by atoms with Crippen molar-refractivity contribution in [1.82, 2.24) is 0 Å². The van der Waals surface area contributed by atoms with Crippen molar-refractivity contribution >= 4 is 0 Å². The summed E-state index contributed by atoms with van der Waals surface area (Å²) in [7, 11) is 0. The Labute approximate surface area is 57.0 Å². The average Bonchev–Trinajstić information content (AvgIpc) is 2.22. The zero-order chi connectivity index (χ0) is 6.27. The van der Waals surface area contributed by atoms with Crippen LogP contribution in [0.5, 0.6) is 0 Å². The van der Waals surface area contributed by atoms with Crippen LogP contribution in [0.15, 0.2) is 11.1 Å². The zero-order valence-corrected chi connectivity index (χ0v) is 6.11. The minimum atomic E-state index is 0.982. The van der Waals surface area contributed by atoms with E-state index in [0.29, 0.717) is 0 Å². The topological polar surface area (TPSA) is 0 Å². The Morgan fingerprint density at radius 1 is 1.11 bits per heavy atom. The van der Waals surface area contributed by atoms with Gasteiger partial charge >= 0.3 is 0 Å². The third-order valence-electron chi connectivity index (χ3n) is 2.65. The molecule has 9 heavy (non-hydrogen) atoms. The molecule has 0 saturated heterocycles. The van der Waals surface area contributed by atoms with Gasteiger partial charge in [-0.3, -0.25) is 0 Å². The minimum absolute atomic E-state index is 0.982. The first kappa shape index (κ1) is 5.52. The van der Waals surface area contributed by atoms with Gasteiger partial charge in [0.25, 0.3) is 0 Å². The second-order valence-corrected chi connectivity index (χ2v) is 3.57. The van der Waals surface area contributed by atoms with E-state index in [9.17, 15) is 0 Å². The van der Waals surface area contributed by atoms with Gasteiger partial charge in [0, 0.05) is 0 Å². The van der Waals surface area contributed by atoms with Gasteiger partial charge in [0.2, 0.25) is 0 Å². The Balaban J connectivity index is 2.15. The molecule has 0 atom stereocenters. The smallest absolute Gasteiger partial charge is 0.0289 e. The van der Waals surface area contributed by atoms with E-state index in [4.69, 9.17) is 0 Å². The molecule has 0 aromatic heterocycles. The molecule has 0 bridgehead atoms. The molecule has 2 aliphatic rings. The van der Waals surface area contributed by atoms with Gasteiger partial charge in [-0.2, -0.15) is 0 Å². The van der Waals surface area contributed by atoms with E-state index in [1.165, 1.54) is 32.1 Å². The van der Waals surface area contributed by atoms with Crippen LogP contribution >= 0.6 is 0 Å². The van der Waals surface area contributed by atoms with Gasteiger partial charge in [-0.25, -0.2) is 0 Å². The van der Waals surface area contributed by atoms with Crippen LogP contribution in [0.4, 0.5) is 0 Å². The fourth-order valence-corrected chi connectivity index (χ4v) is 2.27. The minimum Gasteiger partial charge on any atom is -0.0707 e. The van der Waals surface area contributed by atoms with Gasteiger partial charge in [-0.05, 0) is 38.0 Å². The van der Waals surface area contributed by atoms with E-state index < -0.39 is 0 Å². The van der Waals surface area contributed by atoms with Gasteiger partial charge in [-0.15, -0.1) is 0 Å². The Morgan fingerprint density at radius 3 is 2.22 bits per heavy atom. The van der Waals surface area contributed by atoms with Crippen molar-refractivity contribution in [2.75, 3.05) is 0 Å². The predicted octanol–water partition coefficient (Wildman–Crippen LogP) is 2.90. The van der Waals surface area contributed by atoms with Crippen LogP contribution < -0.4 is 0 Å². The van der Waals surface area contributed by atoms with Gasteiger partial charge in [0.05, 0.1) is 0 Å². The highest BCUT2D eigenvalue weighted by atomic mass is 14.3. The summed E-state index contributed by atoms with van der Waals surface area (Å²) in [5.74, 6) is 0.982. The lowest BCUT2D eigenvalue weighted by Crippen LogP contribution is -1.87. The van der Waals surface area contributed by atoms with Gasteiger partial charge in [0.15, 0.2) is 0 Å². The summed E-state index contributed by atoms with van der Waals surface area (Å²) in [6, 6.07) is 0. The zero-order valence-electron chi connectivity index (χ0n) is 6.11. The second-order valence-electron chi connectivity index (χ2n) is 3.57. The molecular weight excluding hydrogens is 108 g/mol. The molecule has 0 unspecified atom stereocenters. The van der Waals surface area contributed by atoms with E-state index in [1.54, 1.807) is 0 Å². The Kier molecular flexibility index (Phi) is 1.14. The highest BCUT2D eigenvalue weighted by Crippen LogP contribution is 2.41. The lowest BCUT2D eigenvalue weighted by molar-refractivity contribution is 0.589. The Morgan fingerprint density at radius 2 is 1.67 bits per heavy atom. The molecule has 0 aromatic carbocycles. The molecule has 0 fully saturated rings. The third kappa shape index (κ3) is 0.810. The molecule has 2 aliphatic carbocycles. The fourth-order valence-electron chi connectivity index (χ4n) is 2.27. The van der Waals surface area contributed by atoms with Crippen LogP contribution in [-0.4, -0.2) is 0 Å². The van der Waals surface area contributed by atoms with Crippen molar-refractivity contribution in [3.8, 4) is 0 Å². The van der Waals surface area contributed by atoms with E-state index in [2.05, 4.69) is 6.92 Å². The van der Waals surface area contributed by atoms with Gasteiger partial charge in [0.1, 0.15) is 0 Å².